The standard InChI is InChI=1S/C13H23N5/c1-11(16-9-12-2-3-12)8-13(10-17-14)18-6-4-15-5-7-18/h8,10,12,15-16H,1-7,9,14H2/b13-8+,17-10-. The minimum Gasteiger partial charge on any atom is -0.385 e. The fourth-order valence-electron chi connectivity index (χ4n) is 2.04. The maximum Gasteiger partial charge on any atom is 0.0700 e. The van der Waals surface area contributed by atoms with Gasteiger partial charge in [0.15, 0.2) is 0 Å². The average molecular weight is 249 g/mol. The summed E-state index contributed by atoms with van der Waals surface area (Å²) in [6.45, 7) is 9.03. The molecule has 0 bridgehead atoms. The Morgan fingerprint density at radius 3 is 2.78 bits per heavy atom. The number of nitrogens with two attached hydrogens (primary N) is 1. The lowest BCUT2D eigenvalue weighted by atomic mass is 10.2. The zero-order chi connectivity index (χ0) is 12.8. The van der Waals surface area contributed by atoms with Crippen LogP contribution in [0.1, 0.15) is 12.8 Å². The predicted molar refractivity (Wildman–Crippen MR) is 75.1 cm³/mol. The van der Waals surface area contributed by atoms with Gasteiger partial charge in [-0.25, -0.2) is 0 Å². The first kappa shape index (κ1) is 13.0. The van der Waals surface area contributed by atoms with Gasteiger partial charge in [-0.05, 0) is 24.8 Å². The fraction of sp³-hybridized carbons (Fsp3) is 0.615. The molecule has 1 heterocycles. The number of hydrazone groups is 1. The van der Waals surface area contributed by atoms with Crippen LogP contribution in [0.4, 0.5) is 0 Å². The van der Waals surface area contributed by atoms with Gasteiger partial charge in [-0.1, -0.05) is 6.58 Å². The summed E-state index contributed by atoms with van der Waals surface area (Å²) in [5.74, 6) is 6.13. The van der Waals surface area contributed by atoms with Crippen molar-refractivity contribution in [3.8, 4) is 0 Å². The summed E-state index contributed by atoms with van der Waals surface area (Å²) in [5.41, 5.74) is 1.97. The lowest BCUT2D eigenvalue weighted by molar-refractivity contribution is 0.312. The van der Waals surface area contributed by atoms with Crippen LogP contribution in [0.25, 0.3) is 0 Å². The largest absolute Gasteiger partial charge is 0.385 e. The van der Waals surface area contributed by atoms with E-state index in [4.69, 9.17) is 5.84 Å². The molecule has 0 aromatic carbocycles. The van der Waals surface area contributed by atoms with E-state index in [1.165, 1.54) is 12.8 Å². The normalized spacial score (nSPS) is 21.3. The SMILES string of the molecule is C=C(/C=C(\C=N/N)N1CCNCC1)NCC1CC1. The second-order valence-electron chi connectivity index (χ2n) is 4.93. The Morgan fingerprint density at radius 2 is 2.17 bits per heavy atom. The Morgan fingerprint density at radius 1 is 1.44 bits per heavy atom. The van der Waals surface area contributed by atoms with E-state index in [9.17, 15) is 0 Å². The van der Waals surface area contributed by atoms with Gasteiger partial charge in [-0.3, -0.25) is 0 Å². The number of nitrogens with zero attached hydrogens (tertiary/aromatic N) is 2. The van der Waals surface area contributed by atoms with E-state index < -0.39 is 0 Å². The maximum absolute atomic E-state index is 5.28. The minimum atomic E-state index is 0.848. The second kappa shape index (κ2) is 6.44. The summed E-state index contributed by atoms with van der Waals surface area (Å²) in [7, 11) is 0. The van der Waals surface area contributed by atoms with Crippen LogP contribution in [0.3, 0.4) is 0 Å². The van der Waals surface area contributed by atoms with Gasteiger partial charge >= 0.3 is 0 Å². The smallest absolute Gasteiger partial charge is 0.0700 e. The first-order valence-electron chi connectivity index (χ1n) is 6.63. The molecule has 0 amide bonds. The van der Waals surface area contributed by atoms with Crippen molar-refractivity contribution >= 4 is 6.21 Å². The van der Waals surface area contributed by atoms with E-state index >= 15 is 0 Å². The quantitative estimate of drug-likeness (QED) is 0.273. The average Bonchev–Trinajstić information content (AvgIpc) is 3.21. The van der Waals surface area contributed by atoms with Crippen LogP contribution in [-0.2, 0) is 0 Å². The van der Waals surface area contributed by atoms with Crippen LogP contribution in [-0.4, -0.2) is 43.8 Å². The molecule has 0 spiro atoms. The molecular weight excluding hydrogens is 226 g/mol. The molecule has 1 saturated carbocycles. The first-order chi connectivity index (χ1) is 8.79. The molecule has 5 heteroatoms. The monoisotopic (exact) mass is 249 g/mol. The van der Waals surface area contributed by atoms with Crippen molar-refractivity contribution in [3.05, 3.63) is 24.0 Å². The molecule has 0 aromatic rings. The number of hydrogen-bond acceptors (Lipinski definition) is 5. The highest BCUT2D eigenvalue weighted by molar-refractivity contribution is 5.78. The number of piperazine rings is 1. The zero-order valence-electron chi connectivity index (χ0n) is 10.9. The van der Waals surface area contributed by atoms with Gasteiger partial charge in [0, 0.05) is 38.4 Å². The topological polar surface area (TPSA) is 65.7 Å². The van der Waals surface area contributed by atoms with Gasteiger partial charge in [0.2, 0.25) is 0 Å². The van der Waals surface area contributed by atoms with Crippen molar-refractivity contribution < 1.29 is 0 Å². The molecule has 1 saturated heterocycles. The van der Waals surface area contributed by atoms with Crippen LogP contribution < -0.4 is 16.5 Å². The van der Waals surface area contributed by atoms with Crippen molar-refractivity contribution in [1.29, 1.82) is 0 Å². The van der Waals surface area contributed by atoms with Gasteiger partial charge in [-0.2, -0.15) is 5.10 Å². The van der Waals surface area contributed by atoms with E-state index in [0.717, 1.165) is 50.0 Å². The Hall–Kier alpha value is -1.49. The molecule has 0 unspecified atom stereocenters. The van der Waals surface area contributed by atoms with E-state index in [1.807, 2.05) is 6.08 Å². The number of rotatable bonds is 6. The van der Waals surface area contributed by atoms with Crippen molar-refractivity contribution in [2.45, 2.75) is 12.8 Å². The van der Waals surface area contributed by atoms with E-state index in [1.54, 1.807) is 6.21 Å². The lowest BCUT2D eigenvalue weighted by Gasteiger charge is -2.30. The molecule has 2 fully saturated rings. The molecule has 100 valence electrons. The van der Waals surface area contributed by atoms with Crippen molar-refractivity contribution in [2.24, 2.45) is 16.9 Å². The third-order valence-corrected chi connectivity index (χ3v) is 3.33. The zero-order valence-corrected chi connectivity index (χ0v) is 10.9. The first-order valence-corrected chi connectivity index (χ1v) is 6.63. The van der Waals surface area contributed by atoms with E-state index in [-0.39, 0.29) is 0 Å². The predicted octanol–water partition coefficient (Wildman–Crippen LogP) is 0.233. The highest BCUT2D eigenvalue weighted by Crippen LogP contribution is 2.27. The third-order valence-electron chi connectivity index (χ3n) is 3.33. The molecule has 18 heavy (non-hydrogen) atoms. The Labute approximate surface area is 109 Å². The fourth-order valence-corrected chi connectivity index (χ4v) is 2.04. The van der Waals surface area contributed by atoms with Crippen molar-refractivity contribution in [1.82, 2.24) is 15.5 Å². The minimum absolute atomic E-state index is 0.848. The number of hydrogen-bond donors (Lipinski definition) is 3. The second-order valence-corrected chi connectivity index (χ2v) is 4.93. The van der Waals surface area contributed by atoms with Crippen molar-refractivity contribution in [2.75, 3.05) is 32.7 Å². The van der Waals surface area contributed by atoms with Crippen LogP contribution in [0.2, 0.25) is 0 Å². The van der Waals surface area contributed by atoms with E-state index in [2.05, 4.69) is 27.2 Å². The van der Waals surface area contributed by atoms with Crippen LogP contribution >= 0.6 is 0 Å². The summed E-state index contributed by atoms with van der Waals surface area (Å²) in [5, 5.41) is 10.3. The molecule has 2 rings (SSSR count). The lowest BCUT2D eigenvalue weighted by Crippen LogP contribution is -2.43. The van der Waals surface area contributed by atoms with E-state index in [0.29, 0.717) is 0 Å². The van der Waals surface area contributed by atoms with Crippen molar-refractivity contribution in [3.63, 3.8) is 0 Å². The summed E-state index contributed by atoms with van der Waals surface area (Å²) < 4.78 is 0. The molecule has 0 radical (unpaired) electrons. The van der Waals surface area contributed by atoms with Gasteiger partial charge < -0.3 is 21.4 Å². The van der Waals surface area contributed by atoms with Gasteiger partial charge in [-0.15, -0.1) is 0 Å². The molecule has 0 aromatic heterocycles. The van der Waals surface area contributed by atoms with Crippen LogP contribution in [0.15, 0.2) is 29.2 Å². The molecule has 0 atom stereocenters. The number of allylic oxidation sites excluding steroid dienone is 2. The highest BCUT2D eigenvalue weighted by atomic mass is 15.2. The Kier molecular flexibility index (Phi) is 4.64. The van der Waals surface area contributed by atoms with Crippen LogP contribution in [0.5, 0.6) is 0 Å². The highest BCUT2D eigenvalue weighted by Gasteiger charge is 2.20. The Bertz CT molecular complexity index is 337. The van der Waals surface area contributed by atoms with Crippen LogP contribution in [0, 0.1) is 5.92 Å². The molecule has 4 N–H and O–H groups in total. The third kappa shape index (κ3) is 4.07. The summed E-state index contributed by atoms with van der Waals surface area (Å²) in [6.07, 6.45) is 6.43. The summed E-state index contributed by atoms with van der Waals surface area (Å²) in [6, 6.07) is 0. The molecular formula is C13H23N5. The molecule has 1 aliphatic carbocycles. The molecule has 1 aliphatic heterocycles. The molecule has 2 aliphatic rings. The van der Waals surface area contributed by atoms with Gasteiger partial charge in [0.05, 0.1) is 11.9 Å². The molecule has 5 nitrogen and oxygen atoms in total. The number of nitrogens with one attached hydrogen (secondary N) is 2. The summed E-state index contributed by atoms with van der Waals surface area (Å²) in [4.78, 5) is 2.27. The summed E-state index contributed by atoms with van der Waals surface area (Å²) >= 11 is 0. The maximum atomic E-state index is 5.28. The van der Waals surface area contributed by atoms with Gasteiger partial charge in [0.1, 0.15) is 0 Å². The van der Waals surface area contributed by atoms with Gasteiger partial charge in [0.25, 0.3) is 0 Å². The Balaban J connectivity index is 1.90.